The zero-order valence-electron chi connectivity index (χ0n) is 13.7. The van der Waals surface area contributed by atoms with E-state index >= 15 is 0 Å². The van der Waals surface area contributed by atoms with Crippen LogP contribution >= 0.6 is 22.9 Å². The minimum atomic E-state index is -4.67. The van der Waals surface area contributed by atoms with E-state index in [4.69, 9.17) is 11.6 Å². The maximum Gasteiger partial charge on any atom is 0.418 e. The molecule has 2 atom stereocenters. The van der Waals surface area contributed by atoms with E-state index in [1.807, 2.05) is 0 Å². The normalized spacial score (nSPS) is 13.8. The first-order valence-electron chi connectivity index (χ1n) is 7.48. The summed E-state index contributed by atoms with van der Waals surface area (Å²) in [6.07, 6.45) is -3.23. The highest BCUT2D eigenvalue weighted by atomic mass is 35.5. The van der Waals surface area contributed by atoms with Crippen molar-refractivity contribution < 1.29 is 22.3 Å². The fourth-order valence-corrected chi connectivity index (χ4v) is 4.93. The Morgan fingerprint density at radius 2 is 1.82 bits per heavy atom. The summed E-state index contributed by atoms with van der Waals surface area (Å²) in [4.78, 5) is 3.93. The fraction of sp³-hybridized carbons (Fsp3) is 0.0625. The molecular formula is C16H11ClF3N3O2S3. The number of rotatable bonds is 6. The minimum absolute atomic E-state index is 0.120. The molecule has 12 heteroatoms. The maximum atomic E-state index is 13.0. The zero-order chi connectivity index (χ0) is 20.3. The van der Waals surface area contributed by atoms with E-state index in [1.54, 1.807) is 23.6 Å². The molecule has 3 aromatic rings. The van der Waals surface area contributed by atoms with Gasteiger partial charge < -0.3 is 9.11 Å². The van der Waals surface area contributed by atoms with E-state index in [9.17, 15) is 22.3 Å². The van der Waals surface area contributed by atoms with Gasteiger partial charge in [0.2, 0.25) is 4.21 Å². The average Bonchev–Trinajstić information content (AvgIpc) is 3.17. The lowest BCUT2D eigenvalue weighted by molar-refractivity contribution is -0.137. The molecule has 2 unspecified atom stereocenters. The first kappa shape index (κ1) is 21.1. The molecule has 0 aliphatic rings. The van der Waals surface area contributed by atoms with Crippen LogP contribution in [0.3, 0.4) is 0 Å². The van der Waals surface area contributed by atoms with E-state index in [0.717, 1.165) is 12.1 Å². The number of benzene rings is 1. The summed E-state index contributed by atoms with van der Waals surface area (Å²) in [5.41, 5.74) is -0.862. The van der Waals surface area contributed by atoms with E-state index in [1.165, 1.54) is 29.7 Å². The zero-order valence-corrected chi connectivity index (χ0v) is 16.9. The Morgan fingerprint density at radius 1 is 1.04 bits per heavy atom. The van der Waals surface area contributed by atoms with Gasteiger partial charge in [-0.2, -0.15) is 22.6 Å². The number of pyridine rings is 1. The predicted molar refractivity (Wildman–Crippen MR) is 105 cm³/mol. The molecule has 0 aliphatic carbocycles. The molecular weight excluding hydrogens is 455 g/mol. The van der Waals surface area contributed by atoms with Gasteiger partial charge in [-0.25, -0.2) is 4.98 Å². The third-order valence-corrected chi connectivity index (χ3v) is 7.04. The van der Waals surface area contributed by atoms with E-state index in [0.29, 0.717) is 4.21 Å². The second-order valence-corrected chi connectivity index (χ2v) is 9.22. The van der Waals surface area contributed by atoms with Crippen molar-refractivity contribution in [1.29, 1.82) is 0 Å². The molecule has 2 aromatic heterocycles. The van der Waals surface area contributed by atoms with Crippen molar-refractivity contribution in [2.75, 3.05) is 9.44 Å². The lowest BCUT2D eigenvalue weighted by Crippen LogP contribution is -2.18. The van der Waals surface area contributed by atoms with Gasteiger partial charge in [0.1, 0.15) is 28.4 Å². The molecule has 0 fully saturated rings. The molecule has 5 nitrogen and oxygen atoms in total. The standard InChI is InChI=1S/C16H11ClF3N3O2S3/c17-12-6-5-10(9-11(12)16(18,19)20)27(24)22-13-3-1-7-21-15(13)23-28(25)14-4-2-8-26-14/h1-9,22H,(H,21,23). The van der Waals surface area contributed by atoms with E-state index in [2.05, 4.69) is 14.4 Å². The van der Waals surface area contributed by atoms with Crippen LogP contribution in [0.1, 0.15) is 5.56 Å². The van der Waals surface area contributed by atoms with Gasteiger partial charge in [-0.05, 0) is 35.7 Å². The Bertz CT molecular complexity index is 944. The van der Waals surface area contributed by atoms with Gasteiger partial charge in [0.25, 0.3) is 0 Å². The van der Waals surface area contributed by atoms with Gasteiger partial charge in [-0.15, -0.1) is 0 Å². The van der Waals surface area contributed by atoms with E-state index in [-0.39, 0.29) is 16.4 Å². The van der Waals surface area contributed by atoms with Crippen LogP contribution in [0.4, 0.5) is 24.7 Å². The minimum Gasteiger partial charge on any atom is -0.588 e. The van der Waals surface area contributed by atoms with Crippen LogP contribution in [-0.2, 0) is 28.9 Å². The highest BCUT2D eigenvalue weighted by Gasteiger charge is 2.35. The number of alkyl halides is 3. The van der Waals surface area contributed by atoms with Crippen LogP contribution in [0.25, 0.3) is 0 Å². The summed E-state index contributed by atoms with van der Waals surface area (Å²) in [6, 6.07) is 9.46. The van der Waals surface area contributed by atoms with Crippen molar-refractivity contribution in [3.8, 4) is 0 Å². The van der Waals surface area contributed by atoms with Gasteiger partial charge in [0.05, 0.1) is 10.6 Å². The van der Waals surface area contributed by atoms with Crippen LogP contribution in [0.2, 0.25) is 5.02 Å². The SMILES string of the molecule is [O-][S+](Nc1cccnc1N[S+]([O-])c1cccs1)c1ccc(Cl)c(C(F)(F)F)c1. The molecule has 2 heterocycles. The van der Waals surface area contributed by atoms with Gasteiger partial charge in [-0.1, -0.05) is 22.9 Å². The molecule has 148 valence electrons. The number of anilines is 2. The summed E-state index contributed by atoms with van der Waals surface area (Å²) in [5.74, 6) is 0.146. The van der Waals surface area contributed by atoms with Crippen LogP contribution < -0.4 is 9.44 Å². The second-order valence-electron chi connectivity index (χ2n) is 5.21. The van der Waals surface area contributed by atoms with Crippen LogP contribution in [0.15, 0.2) is 63.1 Å². The largest absolute Gasteiger partial charge is 0.588 e. The topological polar surface area (TPSA) is 83.1 Å². The van der Waals surface area contributed by atoms with Crippen LogP contribution in [-0.4, -0.2) is 14.1 Å². The number of halogens is 4. The Kier molecular flexibility index (Phi) is 6.63. The Morgan fingerprint density at radius 3 is 2.50 bits per heavy atom. The summed E-state index contributed by atoms with van der Waals surface area (Å²) in [5, 5.41) is 1.28. The van der Waals surface area contributed by atoms with Crippen molar-refractivity contribution in [2.24, 2.45) is 0 Å². The lowest BCUT2D eigenvalue weighted by Gasteiger charge is -2.16. The fourth-order valence-electron chi connectivity index (χ4n) is 2.07. The van der Waals surface area contributed by atoms with Gasteiger partial charge in [-0.3, -0.25) is 0 Å². The third-order valence-electron chi connectivity index (χ3n) is 3.33. The van der Waals surface area contributed by atoms with Crippen LogP contribution in [0.5, 0.6) is 0 Å². The smallest absolute Gasteiger partial charge is 0.418 e. The van der Waals surface area contributed by atoms with Crippen molar-refractivity contribution in [3.63, 3.8) is 0 Å². The monoisotopic (exact) mass is 465 g/mol. The quantitative estimate of drug-likeness (QED) is 0.496. The molecule has 1 aromatic carbocycles. The van der Waals surface area contributed by atoms with Gasteiger partial charge >= 0.3 is 6.18 Å². The van der Waals surface area contributed by atoms with Gasteiger partial charge in [0, 0.05) is 18.3 Å². The lowest BCUT2D eigenvalue weighted by atomic mass is 10.2. The number of nitrogens with one attached hydrogen (secondary N) is 2. The molecule has 3 rings (SSSR count). The number of hydrogen-bond donors (Lipinski definition) is 2. The van der Waals surface area contributed by atoms with Crippen molar-refractivity contribution in [1.82, 2.24) is 4.98 Å². The summed E-state index contributed by atoms with van der Waals surface area (Å²) >= 11 is 3.24. The summed E-state index contributed by atoms with van der Waals surface area (Å²) < 4.78 is 69.7. The third kappa shape index (κ3) is 5.04. The number of thiophene rings is 1. The van der Waals surface area contributed by atoms with Gasteiger partial charge in [0.15, 0.2) is 10.7 Å². The summed E-state index contributed by atoms with van der Waals surface area (Å²) in [7, 11) is 0. The molecule has 0 bridgehead atoms. The van der Waals surface area contributed by atoms with Crippen molar-refractivity contribution in [3.05, 3.63) is 64.6 Å². The average molecular weight is 466 g/mol. The first-order valence-corrected chi connectivity index (χ1v) is 11.0. The Hall–Kier alpha value is -1.63. The molecule has 0 amide bonds. The number of nitrogens with zero attached hydrogens (tertiary/aromatic N) is 1. The predicted octanol–water partition coefficient (Wildman–Crippen LogP) is 5.08. The van der Waals surface area contributed by atoms with Crippen molar-refractivity contribution in [2.45, 2.75) is 15.3 Å². The Balaban J connectivity index is 1.81. The molecule has 0 saturated heterocycles. The van der Waals surface area contributed by atoms with E-state index < -0.39 is 39.5 Å². The summed E-state index contributed by atoms with van der Waals surface area (Å²) in [6.45, 7) is 0. The Labute approximate surface area is 173 Å². The second kappa shape index (κ2) is 8.80. The maximum absolute atomic E-state index is 13.0. The molecule has 2 N–H and O–H groups in total. The highest BCUT2D eigenvalue weighted by Crippen LogP contribution is 2.36. The molecule has 0 saturated carbocycles. The highest BCUT2D eigenvalue weighted by molar-refractivity contribution is 7.94. The molecule has 28 heavy (non-hydrogen) atoms. The molecule has 0 spiro atoms. The molecule has 0 aliphatic heterocycles. The van der Waals surface area contributed by atoms with Crippen LogP contribution in [0, 0.1) is 0 Å². The molecule has 0 radical (unpaired) electrons. The first-order chi connectivity index (χ1) is 13.3. The van der Waals surface area contributed by atoms with Crippen molar-refractivity contribution >= 4 is 57.2 Å². The number of aromatic nitrogens is 1. The number of hydrogen-bond acceptors (Lipinski definition) is 6.